The molecule has 0 bridgehead atoms. The van der Waals surface area contributed by atoms with E-state index in [0.717, 1.165) is 0 Å². The molecule has 1 atom stereocenters. The molecule has 3 aromatic carbocycles. The third-order valence-electron chi connectivity index (χ3n) is 7.18. The van der Waals surface area contributed by atoms with E-state index in [1.54, 1.807) is 0 Å². The predicted octanol–water partition coefficient (Wildman–Crippen LogP) is -0.259. The molecule has 0 spiro atoms. The van der Waals surface area contributed by atoms with Crippen LogP contribution in [0.15, 0.2) is 78.4 Å². The Morgan fingerprint density at radius 3 is 1.11 bits per heavy atom. The number of benzene rings is 3. The Labute approximate surface area is 255 Å². The first kappa shape index (κ1) is 33.8. The van der Waals surface area contributed by atoms with Crippen LogP contribution in [0, 0.1) is 47.5 Å². The number of allylic oxidation sites excluding steroid dienone is 4. The van der Waals surface area contributed by atoms with Crippen molar-refractivity contribution in [2.24, 2.45) is 5.92 Å². The van der Waals surface area contributed by atoms with E-state index in [-0.39, 0.29) is 46.4 Å². The minimum Gasteiger partial charge on any atom is -1.00 e. The topological polar surface area (TPSA) is 0 Å². The van der Waals surface area contributed by atoms with Gasteiger partial charge in [-0.15, -0.1) is 0 Å². The van der Waals surface area contributed by atoms with Crippen molar-refractivity contribution in [1.29, 1.82) is 0 Å². The zero-order valence-electron chi connectivity index (χ0n) is 23.1. The number of aryl methyl sites for hydroxylation is 6. The smallest absolute Gasteiger partial charge is 1.00 e. The average molecular weight is 588 g/mol. The molecular formula is C33H37Cl3Ti. The molecule has 0 radical (unpaired) electrons. The van der Waals surface area contributed by atoms with E-state index < -0.39 is 0 Å². The van der Waals surface area contributed by atoms with Gasteiger partial charge in [0, 0.05) is 0 Å². The molecule has 0 amide bonds. The molecule has 1 unspecified atom stereocenters. The molecular weight excluding hydrogens is 551 g/mol. The van der Waals surface area contributed by atoms with Gasteiger partial charge in [-0.1, -0.05) is 0 Å². The van der Waals surface area contributed by atoms with Gasteiger partial charge >= 0.3 is 219 Å². The van der Waals surface area contributed by atoms with Crippen LogP contribution < -0.4 is 37.2 Å². The molecule has 1 aliphatic rings. The summed E-state index contributed by atoms with van der Waals surface area (Å²) in [5.41, 5.74) is 13.0. The van der Waals surface area contributed by atoms with Crippen LogP contribution in [-0.4, -0.2) is 0 Å². The fourth-order valence-corrected chi connectivity index (χ4v) is 7.04. The largest absolute Gasteiger partial charge is 1.00 e. The van der Waals surface area contributed by atoms with Gasteiger partial charge in [0.15, 0.2) is 0 Å². The van der Waals surface area contributed by atoms with Crippen molar-refractivity contribution >= 4 is 0 Å². The van der Waals surface area contributed by atoms with Crippen LogP contribution in [0.25, 0.3) is 0 Å². The summed E-state index contributed by atoms with van der Waals surface area (Å²) in [4.78, 5) is 0. The third-order valence-corrected chi connectivity index (χ3v) is 8.26. The maximum atomic E-state index is 2.55. The molecule has 0 heterocycles. The zero-order chi connectivity index (χ0) is 24.8. The summed E-state index contributed by atoms with van der Waals surface area (Å²) >= 11 is 2.44. The van der Waals surface area contributed by atoms with Crippen molar-refractivity contribution in [3.63, 3.8) is 0 Å². The zero-order valence-corrected chi connectivity index (χ0v) is 27.0. The third kappa shape index (κ3) is 6.32. The molecule has 1 aliphatic carbocycles. The first-order valence-corrected chi connectivity index (χ1v) is 13.2. The molecule has 4 heteroatoms. The van der Waals surface area contributed by atoms with Crippen LogP contribution in [0.4, 0.5) is 0 Å². The van der Waals surface area contributed by atoms with Gasteiger partial charge in [-0.25, -0.2) is 0 Å². The fraction of sp³-hybridized carbons (Fsp3) is 0.333. The Morgan fingerprint density at radius 1 is 0.568 bits per heavy atom. The minimum absolute atomic E-state index is 0. The standard InChI is InChI=1S/C33H37.3ClH.Ti/c1-21(2)28-9-10-29(20-28)33(30-14-22(3)11-23(4)15-30,31-16-24(5)12-25(6)17-31)32-18-26(7)13-27(8)19-32;;;;/h9-21H,1-8H3;3*1H;/q;;;;+3/p-3. The summed E-state index contributed by atoms with van der Waals surface area (Å²) < 4.78 is -0.215. The van der Waals surface area contributed by atoms with Crippen LogP contribution in [-0.2, 0) is 25.9 Å². The van der Waals surface area contributed by atoms with Gasteiger partial charge in [0.2, 0.25) is 0 Å². The maximum Gasteiger partial charge on any atom is -1.00 e. The maximum absolute atomic E-state index is 2.55. The van der Waals surface area contributed by atoms with Crippen LogP contribution in [0.1, 0.15) is 63.9 Å². The summed E-state index contributed by atoms with van der Waals surface area (Å²) in [6, 6.07) is 21.4. The van der Waals surface area contributed by atoms with Gasteiger partial charge in [0.05, 0.1) is 0 Å². The van der Waals surface area contributed by atoms with Gasteiger partial charge in [-0.05, 0) is 0 Å². The van der Waals surface area contributed by atoms with Crippen LogP contribution >= 0.6 is 0 Å². The van der Waals surface area contributed by atoms with Gasteiger partial charge in [-0.3, -0.25) is 0 Å². The molecule has 194 valence electrons. The number of rotatable bonds is 5. The number of halogens is 3. The summed E-state index contributed by atoms with van der Waals surface area (Å²) in [5, 5.41) is 0. The molecule has 0 fully saturated rings. The van der Waals surface area contributed by atoms with Gasteiger partial charge < -0.3 is 37.2 Å². The Hall–Kier alpha value is -1.28. The SMILES string of the molecule is Cc1cc(C)cc(C(c2cc(C)cc(C)c2)(c2cc(C)cc(C)c2)[C]2([Ti+3])C=CC(C(C)C)=C2)c1.[Cl-].[Cl-].[Cl-]. The Kier molecular flexibility index (Phi) is 11.6. The summed E-state index contributed by atoms with van der Waals surface area (Å²) in [6.45, 7) is 18.0. The van der Waals surface area contributed by atoms with Crippen molar-refractivity contribution in [1.82, 2.24) is 0 Å². The summed E-state index contributed by atoms with van der Waals surface area (Å²) in [7, 11) is 0. The van der Waals surface area contributed by atoms with E-state index >= 15 is 0 Å². The summed E-state index contributed by atoms with van der Waals surface area (Å²) in [5.74, 6) is 0.494. The molecule has 3 aromatic rings. The first-order chi connectivity index (χ1) is 15.9. The van der Waals surface area contributed by atoms with Gasteiger partial charge in [0.25, 0.3) is 0 Å². The van der Waals surface area contributed by atoms with E-state index in [1.165, 1.54) is 55.6 Å². The molecule has 0 saturated heterocycles. The normalized spacial score (nSPS) is 16.6. The van der Waals surface area contributed by atoms with E-state index in [0.29, 0.717) is 5.92 Å². The molecule has 0 aromatic heterocycles. The second-order valence-electron chi connectivity index (χ2n) is 10.9. The molecule has 4 rings (SSSR count). The van der Waals surface area contributed by atoms with E-state index in [9.17, 15) is 0 Å². The monoisotopic (exact) mass is 586 g/mol. The van der Waals surface area contributed by atoms with E-state index in [1.807, 2.05) is 0 Å². The average Bonchev–Trinajstić information content (AvgIpc) is 3.10. The second-order valence-corrected chi connectivity index (χ2v) is 12.2. The molecule has 0 aliphatic heterocycles. The van der Waals surface area contributed by atoms with E-state index in [2.05, 4.69) is 149 Å². The quantitative estimate of drug-likeness (QED) is 0.285. The molecule has 0 N–H and O–H groups in total. The van der Waals surface area contributed by atoms with Crippen molar-refractivity contribution in [2.75, 3.05) is 0 Å². The number of hydrogen-bond donors (Lipinski definition) is 0. The van der Waals surface area contributed by atoms with E-state index in [4.69, 9.17) is 0 Å². The van der Waals surface area contributed by atoms with Gasteiger partial charge in [-0.2, -0.15) is 0 Å². The molecule has 37 heavy (non-hydrogen) atoms. The van der Waals surface area contributed by atoms with Crippen molar-refractivity contribution in [3.8, 4) is 0 Å². The summed E-state index contributed by atoms with van der Waals surface area (Å²) in [6.07, 6.45) is 7.38. The number of hydrogen-bond acceptors (Lipinski definition) is 0. The van der Waals surface area contributed by atoms with Gasteiger partial charge in [0.1, 0.15) is 0 Å². The first-order valence-electron chi connectivity index (χ1n) is 12.4. The van der Waals surface area contributed by atoms with Crippen molar-refractivity contribution < 1.29 is 57.7 Å². The minimum atomic E-state index is -0.357. The molecule has 0 nitrogen and oxygen atoms in total. The second kappa shape index (κ2) is 12.7. The Balaban J connectivity index is 0.00000228. The van der Waals surface area contributed by atoms with Crippen LogP contribution in [0.3, 0.4) is 0 Å². The Bertz CT molecular complexity index is 1130. The predicted molar refractivity (Wildman–Crippen MR) is 142 cm³/mol. The van der Waals surface area contributed by atoms with Crippen LogP contribution in [0.2, 0.25) is 3.72 Å². The fourth-order valence-electron chi connectivity index (χ4n) is 5.97. The Morgan fingerprint density at radius 2 is 0.865 bits per heavy atom. The molecule has 0 saturated carbocycles. The van der Waals surface area contributed by atoms with Crippen molar-refractivity contribution in [2.45, 2.75) is 64.5 Å². The van der Waals surface area contributed by atoms with Crippen molar-refractivity contribution in [3.05, 3.63) is 128 Å². The van der Waals surface area contributed by atoms with Crippen LogP contribution in [0.5, 0.6) is 0 Å².